The predicted molar refractivity (Wildman–Crippen MR) is 54.5 cm³/mol. The van der Waals surface area contributed by atoms with Gasteiger partial charge in [-0.15, -0.1) is 0 Å². The standard InChI is InChI=1S/C10H21NO3/c1-12-6-3-4-11(5-7-13-2)8-10-9-14-10/h10H,3-9H2,1-2H3. The molecule has 1 aliphatic heterocycles. The van der Waals surface area contributed by atoms with Crippen LogP contribution < -0.4 is 0 Å². The second-order valence-electron chi connectivity index (χ2n) is 3.60. The van der Waals surface area contributed by atoms with E-state index in [0.29, 0.717) is 6.10 Å². The predicted octanol–water partition coefficient (Wildman–Crippen LogP) is 0.370. The van der Waals surface area contributed by atoms with E-state index in [0.717, 1.165) is 45.9 Å². The van der Waals surface area contributed by atoms with Gasteiger partial charge in [0.05, 0.1) is 19.3 Å². The molecule has 1 aliphatic rings. The van der Waals surface area contributed by atoms with Gasteiger partial charge in [-0.25, -0.2) is 0 Å². The molecule has 1 rings (SSSR count). The van der Waals surface area contributed by atoms with Crippen LogP contribution in [0.4, 0.5) is 0 Å². The smallest absolute Gasteiger partial charge is 0.0936 e. The number of ether oxygens (including phenoxy) is 3. The average molecular weight is 203 g/mol. The Kier molecular flexibility index (Phi) is 6.10. The fraction of sp³-hybridized carbons (Fsp3) is 1.00. The molecule has 0 radical (unpaired) electrons. The van der Waals surface area contributed by atoms with Crippen molar-refractivity contribution < 1.29 is 14.2 Å². The number of rotatable bonds is 9. The topological polar surface area (TPSA) is 34.2 Å². The molecule has 0 amide bonds. The van der Waals surface area contributed by atoms with Crippen molar-refractivity contribution in [2.24, 2.45) is 0 Å². The minimum absolute atomic E-state index is 0.467. The Morgan fingerprint density at radius 3 is 2.50 bits per heavy atom. The summed E-state index contributed by atoms with van der Waals surface area (Å²) in [6.45, 7) is 5.63. The van der Waals surface area contributed by atoms with Crippen LogP contribution in [0.25, 0.3) is 0 Å². The van der Waals surface area contributed by atoms with Crippen LogP contribution in [-0.2, 0) is 14.2 Å². The quantitative estimate of drug-likeness (QED) is 0.400. The summed E-state index contributed by atoms with van der Waals surface area (Å²) in [7, 11) is 3.48. The van der Waals surface area contributed by atoms with E-state index in [2.05, 4.69) is 4.90 Å². The third-order valence-electron chi connectivity index (χ3n) is 2.30. The van der Waals surface area contributed by atoms with Crippen molar-refractivity contribution in [3.05, 3.63) is 0 Å². The zero-order valence-electron chi connectivity index (χ0n) is 9.20. The van der Waals surface area contributed by atoms with Gasteiger partial charge in [0.15, 0.2) is 0 Å². The van der Waals surface area contributed by atoms with Crippen molar-refractivity contribution in [3.63, 3.8) is 0 Å². The van der Waals surface area contributed by atoms with Crippen LogP contribution in [0, 0.1) is 0 Å². The summed E-state index contributed by atoms with van der Waals surface area (Å²) in [6, 6.07) is 0. The van der Waals surface area contributed by atoms with E-state index in [-0.39, 0.29) is 0 Å². The maximum atomic E-state index is 5.21. The van der Waals surface area contributed by atoms with Crippen LogP contribution in [0.5, 0.6) is 0 Å². The highest BCUT2D eigenvalue weighted by Gasteiger charge is 2.24. The molecule has 14 heavy (non-hydrogen) atoms. The lowest BCUT2D eigenvalue weighted by Gasteiger charge is -2.20. The van der Waals surface area contributed by atoms with Crippen molar-refractivity contribution in [1.82, 2.24) is 4.90 Å². The Hall–Kier alpha value is -0.160. The van der Waals surface area contributed by atoms with Crippen molar-refractivity contribution in [2.45, 2.75) is 12.5 Å². The third-order valence-corrected chi connectivity index (χ3v) is 2.30. The van der Waals surface area contributed by atoms with Crippen molar-refractivity contribution in [3.8, 4) is 0 Å². The molecule has 0 bridgehead atoms. The van der Waals surface area contributed by atoms with Crippen LogP contribution in [-0.4, -0.2) is 64.7 Å². The first kappa shape index (κ1) is 11.9. The molecule has 0 aromatic heterocycles. The molecule has 1 atom stereocenters. The molecule has 1 heterocycles. The lowest BCUT2D eigenvalue weighted by atomic mass is 10.3. The molecule has 4 nitrogen and oxygen atoms in total. The second-order valence-corrected chi connectivity index (χ2v) is 3.60. The SMILES string of the molecule is COCCCN(CCOC)CC1CO1. The molecule has 0 N–H and O–H groups in total. The van der Waals surface area contributed by atoms with Gasteiger partial charge in [-0.1, -0.05) is 0 Å². The lowest BCUT2D eigenvalue weighted by Crippen LogP contribution is -2.32. The number of epoxide rings is 1. The van der Waals surface area contributed by atoms with Crippen molar-refractivity contribution in [2.75, 3.05) is 53.7 Å². The number of hydrogen-bond donors (Lipinski definition) is 0. The van der Waals surface area contributed by atoms with E-state index >= 15 is 0 Å². The number of hydrogen-bond acceptors (Lipinski definition) is 4. The van der Waals surface area contributed by atoms with Crippen LogP contribution in [0.1, 0.15) is 6.42 Å². The van der Waals surface area contributed by atoms with E-state index in [1.807, 2.05) is 0 Å². The van der Waals surface area contributed by atoms with E-state index in [9.17, 15) is 0 Å². The molecule has 1 saturated heterocycles. The largest absolute Gasteiger partial charge is 0.385 e. The number of nitrogens with zero attached hydrogens (tertiary/aromatic N) is 1. The first-order valence-electron chi connectivity index (χ1n) is 5.18. The summed E-state index contributed by atoms with van der Waals surface area (Å²) >= 11 is 0. The molecule has 0 aromatic rings. The highest BCUT2D eigenvalue weighted by molar-refractivity contribution is 4.74. The number of methoxy groups -OCH3 is 2. The van der Waals surface area contributed by atoms with Gasteiger partial charge in [0.1, 0.15) is 0 Å². The van der Waals surface area contributed by atoms with Crippen LogP contribution in [0.2, 0.25) is 0 Å². The first-order chi connectivity index (χ1) is 6.86. The van der Waals surface area contributed by atoms with E-state index < -0.39 is 0 Å². The summed E-state index contributed by atoms with van der Waals surface area (Å²) in [5, 5.41) is 0. The molecule has 0 aromatic carbocycles. The molecular formula is C10H21NO3. The Bertz CT molecular complexity index is 139. The lowest BCUT2D eigenvalue weighted by molar-refractivity contribution is 0.127. The first-order valence-corrected chi connectivity index (χ1v) is 5.18. The Labute approximate surface area is 86.1 Å². The molecule has 4 heteroatoms. The summed E-state index contributed by atoms with van der Waals surface area (Å²) in [5.74, 6) is 0. The highest BCUT2D eigenvalue weighted by atomic mass is 16.6. The molecule has 0 spiro atoms. The third kappa shape index (κ3) is 5.54. The molecule has 0 saturated carbocycles. The molecular weight excluding hydrogens is 182 g/mol. The minimum atomic E-state index is 0.467. The highest BCUT2D eigenvalue weighted by Crippen LogP contribution is 2.10. The fourth-order valence-electron chi connectivity index (χ4n) is 1.41. The second kappa shape index (κ2) is 7.17. The van der Waals surface area contributed by atoms with Gasteiger partial charge in [-0.3, -0.25) is 4.90 Å². The van der Waals surface area contributed by atoms with E-state index in [1.165, 1.54) is 0 Å². The zero-order chi connectivity index (χ0) is 10.2. The maximum Gasteiger partial charge on any atom is 0.0936 e. The maximum absolute atomic E-state index is 5.21. The van der Waals surface area contributed by atoms with E-state index in [1.54, 1.807) is 14.2 Å². The summed E-state index contributed by atoms with van der Waals surface area (Å²) < 4.78 is 15.3. The average Bonchev–Trinajstić information content (AvgIpc) is 2.98. The van der Waals surface area contributed by atoms with Gasteiger partial charge < -0.3 is 14.2 Å². The zero-order valence-corrected chi connectivity index (χ0v) is 9.20. The van der Waals surface area contributed by atoms with Gasteiger partial charge in [0, 0.05) is 40.5 Å². The minimum Gasteiger partial charge on any atom is -0.385 e. The Morgan fingerprint density at radius 1 is 1.21 bits per heavy atom. The van der Waals surface area contributed by atoms with Crippen LogP contribution in [0.15, 0.2) is 0 Å². The monoisotopic (exact) mass is 203 g/mol. The summed E-state index contributed by atoms with van der Waals surface area (Å²) in [4.78, 5) is 2.38. The van der Waals surface area contributed by atoms with Crippen LogP contribution >= 0.6 is 0 Å². The van der Waals surface area contributed by atoms with Gasteiger partial charge >= 0.3 is 0 Å². The summed E-state index contributed by atoms with van der Waals surface area (Å²) in [6.07, 6.45) is 1.54. The molecule has 84 valence electrons. The van der Waals surface area contributed by atoms with E-state index in [4.69, 9.17) is 14.2 Å². The van der Waals surface area contributed by atoms with Crippen molar-refractivity contribution in [1.29, 1.82) is 0 Å². The van der Waals surface area contributed by atoms with Gasteiger partial charge in [-0.2, -0.15) is 0 Å². The Balaban J connectivity index is 2.06. The van der Waals surface area contributed by atoms with Crippen LogP contribution in [0.3, 0.4) is 0 Å². The normalized spacial score (nSPS) is 20.4. The van der Waals surface area contributed by atoms with Gasteiger partial charge in [0.25, 0.3) is 0 Å². The fourth-order valence-corrected chi connectivity index (χ4v) is 1.41. The summed E-state index contributed by atoms with van der Waals surface area (Å²) in [5.41, 5.74) is 0. The molecule has 1 fully saturated rings. The van der Waals surface area contributed by atoms with Gasteiger partial charge in [0.2, 0.25) is 0 Å². The Morgan fingerprint density at radius 2 is 1.93 bits per heavy atom. The molecule has 0 aliphatic carbocycles. The van der Waals surface area contributed by atoms with Crippen molar-refractivity contribution >= 4 is 0 Å². The molecule has 1 unspecified atom stereocenters. The van der Waals surface area contributed by atoms with Gasteiger partial charge in [-0.05, 0) is 6.42 Å².